The lowest BCUT2D eigenvalue weighted by atomic mass is 10.3. The number of rotatable bonds is 3. The summed E-state index contributed by atoms with van der Waals surface area (Å²) < 4.78 is 4.68. The Hall–Kier alpha value is -1.31. The lowest BCUT2D eigenvalue weighted by molar-refractivity contribution is -0.133. The van der Waals surface area contributed by atoms with Crippen LogP contribution in [0.15, 0.2) is 36.6 Å². The van der Waals surface area contributed by atoms with Crippen LogP contribution < -0.4 is 0 Å². The summed E-state index contributed by atoms with van der Waals surface area (Å²) in [5.41, 5.74) is 0.596. The number of ether oxygens (including phenoxy) is 1. The van der Waals surface area contributed by atoms with Crippen LogP contribution in [0.2, 0.25) is 0 Å². The smallest absolute Gasteiger partial charge is 0.338 e. The van der Waals surface area contributed by atoms with Gasteiger partial charge in [-0.1, -0.05) is 18.7 Å². The molecule has 0 radical (unpaired) electrons. The van der Waals surface area contributed by atoms with Gasteiger partial charge in [-0.2, -0.15) is 0 Å². The van der Waals surface area contributed by atoms with Crippen molar-refractivity contribution >= 4 is 5.97 Å². The second-order valence-electron chi connectivity index (χ2n) is 1.94. The van der Waals surface area contributed by atoms with Crippen LogP contribution >= 0.6 is 0 Å². The van der Waals surface area contributed by atoms with Gasteiger partial charge in [0.25, 0.3) is 0 Å². The van der Waals surface area contributed by atoms with Crippen molar-refractivity contribution in [3.63, 3.8) is 0 Å². The zero-order valence-electron chi connectivity index (χ0n) is 6.83. The number of hydrogen-bond acceptors (Lipinski definition) is 2. The average molecular weight is 152 g/mol. The third-order valence-corrected chi connectivity index (χ3v) is 1.14. The molecule has 60 valence electrons. The maximum Gasteiger partial charge on any atom is 0.338 e. The SMILES string of the molecule is C=CC=COC(=O)C(C)=CC. The van der Waals surface area contributed by atoms with Gasteiger partial charge in [0.1, 0.15) is 0 Å². The Morgan fingerprint density at radius 3 is 2.64 bits per heavy atom. The molecule has 0 atom stereocenters. The summed E-state index contributed by atoms with van der Waals surface area (Å²) in [6.45, 7) is 6.91. The second-order valence-corrected chi connectivity index (χ2v) is 1.94. The zero-order chi connectivity index (χ0) is 8.69. The minimum Gasteiger partial charge on any atom is -0.431 e. The van der Waals surface area contributed by atoms with Gasteiger partial charge in [0.15, 0.2) is 0 Å². The molecule has 2 nitrogen and oxygen atoms in total. The van der Waals surface area contributed by atoms with Gasteiger partial charge in [0, 0.05) is 5.57 Å². The molecule has 0 bridgehead atoms. The number of carbonyl (C=O) groups excluding carboxylic acids is 1. The molecule has 0 aromatic heterocycles. The number of hydrogen-bond donors (Lipinski definition) is 0. The molecule has 0 amide bonds. The quantitative estimate of drug-likeness (QED) is 0.268. The third kappa shape index (κ3) is 4.14. The van der Waals surface area contributed by atoms with E-state index in [1.807, 2.05) is 0 Å². The van der Waals surface area contributed by atoms with Crippen molar-refractivity contribution in [3.05, 3.63) is 36.6 Å². The molecule has 0 unspecified atom stereocenters. The highest BCUT2D eigenvalue weighted by Gasteiger charge is 2.00. The Labute approximate surface area is 66.9 Å². The fourth-order valence-electron chi connectivity index (χ4n) is 0.367. The molecule has 0 saturated heterocycles. The molecule has 0 aromatic carbocycles. The molecular weight excluding hydrogens is 140 g/mol. The first-order chi connectivity index (χ1) is 5.22. The molecule has 0 spiro atoms. The molecule has 0 rings (SSSR count). The highest BCUT2D eigenvalue weighted by Crippen LogP contribution is 1.95. The summed E-state index contributed by atoms with van der Waals surface area (Å²) in [5.74, 6) is -0.328. The Bertz CT molecular complexity index is 200. The van der Waals surface area contributed by atoms with E-state index in [2.05, 4.69) is 11.3 Å². The highest BCUT2D eigenvalue weighted by molar-refractivity contribution is 5.87. The van der Waals surface area contributed by atoms with E-state index in [0.717, 1.165) is 0 Å². The van der Waals surface area contributed by atoms with Crippen LogP contribution in [0.3, 0.4) is 0 Å². The van der Waals surface area contributed by atoms with Crippen molar-refractivity contribution in [2.75, 3.05) is 0 Å². The van der Waals surface area contributed by atoms with Crippen molar-refractivity contribution in [2.45, 2.75) is 13.8 Å². The zero-order valence-corrected chi connectivity index (χ0v) is 6.83. The molecule has 0 saturated carbocycles. The summed E-state index contributed by atoms with van der Waals surface area (Å²) in [5, 5.41) is 0. The standard InChI is InChI=1S/C9H12O2/c1-4-6-7-11-9(10)8(3)5-2/h4-7H,1H2,2-3H3. The normalized spacial score (nSPS) is 11.6. The lowest BCUT2D eigenvalue weighted by Crippen LogP contribution is -1.99. The number of allylic oxidation sites excluding steroid dienone is 3. The van der Waals surface area contributed by atoms with Gasteiger partial charge in [-0.15, -0.1) is 0 Å². The van der Waals surface area contributed by atoms with E-state index in [0.29, 0.717) is 5.57 Å². The van der Waals surface area contributed by atoms with E-state index < -0.39 is 0 Å². The summed E-state index contributed by atoms with van der Waals surface area (Å²) >= 11 is 0. The van der Waals surface area contributed by atoms with Crippen LogP contribution in [-0.2, 0) is 9.53 Å². The fourth-order valence-corrected chi connectivity index (χ4v) is 0.367. The summed E-state index contributed by atoms with van der Waals surface area (Å²) in [6, 6.07) is 0. The number of carbonyl (C=O) groups is 1. The van der Waals surface area contributed by atoms with Crippen molar-refractivity contribution in [2.24, 2.45) is 0 Å². The molecule has 0 aliphatic rings. The first-order valence-electron chi connectivity index (χ1n) is 3.33. The summed E-state index contributed by atoms with van der Waals surface area (Å²) in [4.78, 5) is 10.9. The molecule has 0 fully saturated rings. The Morgan fingerprint density at radius 1 is 1.55 bits per heavy atom. The van der Waals surface area contributed by atoms with Crippen LogP contribution in [0.5, 0.6) is 0 Å². The van der Waals surface area contributed by atoms with Crippen LogP contribution in [0.4, 0.5) is 0 Å². The predicted octanol–water partition coefficient (Wildman–Crippen LogP) is 2.20. The van der Waals surface area contributed by atoms with E-state index in [1.165, 1.54) is 12.3 Å². The molecular formula is C9H12O2. The largest absolute Gasteiger partial charge is 0.431 e. The molecule has 0 aromatic rings. The van der Waals surface area contributed by atoms with Gasteiger partial charge in [0.05, 0.1) is 6.26 Å². The highest BCUT2D eigenvalue weighted by atomic mass is 16.5. The molecule has 0 heterocycles. The van der Waals surface area contributed by atoms with Gasteiger partial charge >= 0.3 is 5.97 Å². The molecule has 0 N–H and O–H groups in total. The summed E-state index contributed by atoms with van der Waals surface area (Å²) in [6.07, 6.45) is 6.10. The van der Waals surface area contributed by atoms with Crippen molar-refractivity contribution in [1.29, 1.82) is 0 Å². The minimum absolute atomic E-state index is 0.328. The van der Waals surface area contributed by atoms with Crippen LogP contribution in [-0.4, -0.2) is 5.97 Å². The van der Waals surface area contributed by atoms with Crippen LogP contribution in [0.25, 0.3) is 0 Å². The average Bonchev–Trinajstić information content (AvgIpc) is 2.03. The van der Waals surface area contributed by atoms with Crippen LogP contribution in [0, 0.1) is 0 Å². The van der Waals surface area contributed by atoms with E-state index in [-0.39, 0.29) is 5.97 Å². The molecule has 0 aliphatic heterocycles. The second kappa shape index (κ2) is 5.47. The van der Waals surface area contributed by atoms with E-state index in [4.69, 9.17) is 0 Å². The Balaban J connectivity index is 3.88. The molecule has 2 heteroatoms. The first-order valence-corrected chi connectivity index (χ1v) is 3.33. The monoisotopic (exact) mass is 152 g/mol. The van der Waals surface area contributed by atoms with E-state index in [1.54, 1.807) is 26.0 Å². The molecule has 11 heavy (non-hydrogen) atoms. The van der Waals surface area contributed by atoms with Crippen molar-refractivity contribution < 1.29 is 9.53 Å². The first kappa shape index (κ1) is 9.69. The van der Waals surface area contributed by atoms with Gasteiger partial charge in [0.2, 0.25) is 0 Å². The molecule has 0 aliphatic carbocycles. The third-order valence-electron chi connectivity index (χ3n) is 1.14. The summed E-state index contributed by atoms with van der Waals surface area (Å²) in [7, 11) is 0. The Kier molecular flexibility index (Phi) is 4.82. The van der Waals surface area contributed by atoms with Crippen LogP contribution in [0.1, 0.15) is 13.8 Å². The van der Waals surface area contributed by atoms with E-state index in [9.17, 15) is 4.79 Å². The maximum atomic E-state index is 10.9. The topological polar surface area (TPSA) is 26.3 Å². The van der Waals surface area contributed by atoms with Gasteiger partial charge in [-0.3, -0.25) is 0 Å². The van der Waals surface area contributed by atoms with E-state index >= 15 is 0 Å². The lowest BCUT2D eigenvalue weighted by Gasteiger charge is -1.95. The predicted molar refractivity (Wildman–Crippen MR) is 44.9 cm³/mol. The fraction of sp³-hybridized carbons (Fsp3) is 0.222. The van der Waals surface area contributed by atoms with Gasteiger partial charge < -0.3 is 4.74 Å². The minimum atomic E-state index is -0.328. The van der Waals surface area contributed by atoms with Gasteiger partial charge in [-0.05, 0) is 19.9 Å². The van der Waals surface area contributed by atoms with Gasteiger partial charge in [-0.25, -0.2) is 4.79 Å². The maximum absolute atomic E-state index is 10.9. The number of esters is 1. The van der Waals surface area contributed by atoms with Crippen molar-refractivity contribution in [1.82, 2.24) is 0 Å². The van der Waals surface area contributed by atoms with Crippen molar-refractivity contribution in [3.8, 4) is 0 Å². The Morgan fingerprint density at radius 2 is 2.18 bits per heavy atom.